The van der Waals surface area contributed by atoms with E-state index in [1.807, 2.05) is 0 Å². The molecular formula is C2H11NO4. The first-order valence-corrected chi connectivity index (χ1v) is 0.724. The van der Waals surface area contributed by atoms with Crippen molar-refractivity contribution in [2.75, 3.05) is 0 Å². The molecule has 5 nitrogen and oxygen atoms in total. The van der Waals surface area contributed by atoms with Gasteiger partial charge in [0.2, 0.25) is 0 Å². The Hall–Kier alpha value is -0.670. The lowest BCUT2D eigenvalue weighted by atomic mass is 11.0. The van der Waals surface area contributed by atoms with Crippen LogP contribution in [0.3, 0.4) is 0 Å². The highest BCUT2D eigenvalue weighted by molar-refractivity contribution is 4.51. The third-order valence-corrected chi connectivity index (χ3v) is 0. The average molecular weight is 113 g/mol. The molecule has 0 fully saturated rings. The van der Waals surface area contributed by atoms with Crippen molar-refractivity contribution in [2.45, 2.75) is 6.92 Å². The lowest BCUT2D eigenvalue weighted by Crippen LogP contribution is -1.10. The summed E-state index contributed by atoms with van der Waals surface area (Å²) in [5.74, 6) is 0. The number of hydrogen-bond donors (Lipinski definition) is 0. The van der Waals surface area contributed by atoms with Gasteiger partial charge in [-0.15, -0.1) is 0 Å². The van der Waals surface area contributed by atoms with E-state index >= 15 is 0 Å². The Morgan fingerprint density at radius 2 is 1.00 bits per heavy atom. The van der Waals surface area contributed by atoms with Gasteiger partial charge in [0.15, 0.2) is 0 Å². The number of hydrogen-bond acceptors (Lipinski definition) is 1. The van der Waals surface area contributed by atoms with E-state index in [1.165, 1.54) is 6.92 Å². The summed E-state index contributed by atoms with van der Waals surface area (Å²) in [6, 6.07) is 1.75. The zero-order valence-corrected chi connectivity index (χ0v) is 3.95. The lowest BCUT2D eigenvalue weighted by molar-refractivity contribution is 0.823. The Kier molecular flexibility index (Phi) is 13300. The summed E-state index contributed by atoms with van der Waals surface area (Å²) in [7, 11) is 0. The van der Waals surface area contributed by atoms with Gasteiger partial charge in [-0.3, -0.25) is 0 Å². The van der Waals surface area contributed by atoms with Crippen LogP contribution in [0.25, 0.3) is 0 Å². The van der Waals surface area contributed by atoms with E-state index in [1.54, 1.807) is 6.07 Å². The van der Waals surface area contributed by atoms with Crippen molar-refractivity contribution < 1.29 is 21.9 Å². The molecule has 8 N–H and O–H groups in total. The van der Waals surface area contributed by atoms with Crippen molar-refractivity contribution in [1.29, 1.82) is 5.26 Å². The molecule has 0 aromatic rings. The van der Waals surface area contributed by atoms with Crippen molar-refractivity contribution in [3.8, 4) is 6.07 Å². The molecule has 0 amide bonds. The van der Waals surface area contributed by atoms with Gasteiger partial charge in [-0.05, 0) is 0 Å². The Morgan fingerprint density at radius 3 is 1.00 bits per heavy atom. The van der Waals surface area contributed by atoms with Crippen LogP contribution < -0.4 is 0 Å². The molecule has 0 aromatic carbocycles. The SMILES string of the molecule is CC#N.O.O.O.O. The van der Waals surface area contributed by atoms with Gasteiger partial charge in [-0.25, -0.2) is 0 Å². The average Bonchev–Trinajstić information content (AvgIpc) is 0.918. The van der Waals surface area contributed by atoms with Gasteiger partial charge in [0, 0.05) is 6.92 Å². The van der Waals surface area contributed by atoms with Gasteiger partial charge < -0.3 is 21.9 Å². The molecule has 0 aliphatic rings. The van der Waals surface area contributed by atoms with E-state index in [0.717, 1.165) is 0 Å². The number of nitriles is 1. The summed E-state index contributed by atoms with van der Waals surface area (Å²) in [6.07, 6.45) is 0. The molecule has 0 rings (SSSR count). The van der Waals surface area contributed by atoms with Crippen LogP contribution in [0.5, 0.6) is 0 Å². The Balaban J connectivity index is -0.00000000333. The first kappa shape index (κ1) is 102. The van der Waals surface area contributed by atoms with E-state index in [2.05, 4.69) is 0 Å². The molecule has 0 heterocycles. The van der Waals surface area contributed by atoms with Crippen LogP contribution in [0.15, 0.2) is 0 Å². The normalized spacial score (nSPS) is 1.14. The summed E-state index contributed by atoms with van der Waals surface area (Å²) in [4.78, 5) is 0. The Bertz CT molecular complexity index is 31.2. The van der Waals surface area contributed by atoms with Crippen LogP contribution in [0.4, 0.5) is 0 Å². The van der Waals surface area contributed by atoms with E-state index in [0.29, 0.717) is 0 Å². The van der Waals surface area contributed by atoms with Gasteiger partial charge in [0.1, 0.15) is 0 Å². The first-order valence-electron chi connectivity index (χ1n) is 0.724. The molecule has 5 heteroatoms. The first-order chi connectivity index (χ1) is 1.41. The van der Waals surface area contributed by atoms with Crippen LogP contribution in [0.1, 0.15) is 6.92 Å². The third kappa shape index (κ3) is 132. The predicted molar refractivity (Wildman–Crippen MR) is 25.7 cm³/mol. The van der Waals surface area contributed by atoms with Crippen molar-refractivity contribution in [2.24, 2.45) is 0 Å². The molecule has 0 spiro atoms. The van der Waals surface area contributed by atoms with Crippen molar-refractivity contribution in [3.63, 3.8) is 0 Å². The summed E-state index contributed by atoms with van der Waals surface area (Å²) in [6.45, 7) is 1.43. The summed E-state index contributed by atoms with van der Waals surface area (Å²) in [5.41, 5.74) is 0. The fourth-order valence-corrected chi connectivity index (χ4v) is 0. The van der Waals surface area contributed by atoms with Crippen LogP contribution in [0, 0.1) is 11.3 Å². The van der Waals surface area contributed by atoms with Gasteiger partial charge in [-0.2, -0.15) is 5.26 Å². The van der Waals surface area contributed by atoms with Crippen LogP contribution in [-0.4, -0.2) is 21.9 Å². The van der Waals surface area contributed by atoms with Crippen molar-refractivity contribution >= 4 is 0 Å². The van der Waals surface area contributed by atoms with Crippen LogP contribution in [-0.2, 0) is 0 Å². The quantitative estimate of drug-likeness (QED) is 0.328. The Labute approximate surface area is 41.4 Å². The second kappa shape index (κ2) is 918. The molecule has 0 saturated carbocycles. The highest BCUT2D eigenvalue weighted by Gasteiger charge is 1.17. The topological polar surface area (TPSA) is 150 Å². The third-order valence-electron chi connectivity index (χ3n) is 0. The second-order valence-electron chi connectivity index (χ2n) is 0.224. The molecule has 0 aliphatic carbocycles. The number of rotatable bonds is 0. The highest BCUT2D eigenvalue weighted by Crippen LogP contribution is 1.21. The van der Waals surface area contributed by atoms with Crippen molar-refractivity contribution in [3.05, 3.63) is 0 Å². The number of nitrogens with zero attached hydrogens (tertiary/aromatic N) is 1. The molecule has 0 radical (unpaired) electrons. The largest absolute Gasteiger partial charge is 0.412 e. The standard InChI is InChI=1S/C2H3N.4H2O/c1-2-3;;;;/h1H3;4*1H2. The van der Waals surface area contributed by atoms with Gasteiger partial charge in [0.05, 0.1) is 6.07 Å². The molecule has 0 bridgehead atoms. The minimum atomic E-state index is 0. The molecule has 7 heavy (non-hydrogen) atoms. The van der Waals surface area contributed by atoms with E-state index in [9.17, 15) is 0 Å². The molecule has 0 atom stereocenters. The molecule has 0 unspecified atom stereocenters. The zero-order valence-electron chi connectivity index (χ0n) is 3.95. The summed E-state index contributed by atoms with van der Waals surface area (Å²) < 4.78 is 0. The maximum absolute atomic E-state index is 7.32. The van der Waals surface area contributed by atoms with E-state index in [-0.39, 0.29) is 21.9 Å². The van der Waals surface area contributed by atoms with E-state index in [4.69, 9.17) is 5.26 Å². The van der Waals surface area contributed by atoms with Gasteiger partial charge in [0.25, 0.3) is 0 Å². The van der Waals surface area contributed by atoms with Crippen LogP contribution >= 0.6 is 0 Å². The van der Waals surface area contributed by atoms with Crippen molar-refractivity contribution in [1.82, 2.24) is 0 Å². The van der Waals surface area contributed by atoms with E-state index < -0.39 is 0 Å². The molecule has 48 valence electrons. The maximum atomic E-state index is 7.32. The fourth-order valence-electron chi connectivity index (χ4n) is 0. The summed E-state index contributed by atoms with van der Waals surface area (Å²) in [5, 5.41) is 7.32. The minimum absolute atomic E-state index is 0. The predicted octanol–water partition coefficient (Wildman–Crippen LogP) is -2.77. The second-order valence-corrected chi connectivity index (χ2v) is 0.224. The molecule has 0 aliphatic heterocycles. The monoisotopic (exact) mass is 113 g/mol. The molecule has 0 saturated heterocycles. The smallest absolute Gasteiger partial charge is 0.0587 e. The maximum Gasteiger partial charge on any atom is 0.0587 e. The van der Waals surface area contributed by atoms with Crippen LogP contribution in [0.2, 0.25) is 0 Å². The fraction of sp³-hybridized carbons (Fsp3) is 0.500. The minimum Gasteiger partial charge on any atom is -0.412 e. The summed E-state index contributed by atoms with van der Waals surface area (Å²) >= 11 is 0. The lowest BCUT2D eigenvalue weighted by Gasteiger charge is -1.15. The zero-order chi connectivity index (χ0) is 2.71. The molecule has 0 aromatic heterocycles. The van der Waals surface area contributed by atoms with Gasteiger partial charge >= 0.3 is 0 Å². The molecular weight excluding hydrogens is 102 g/mol. The Morgan fingerprint density at radius 1 is 1.00 bits per heavy atom. The van der Waals surface area contributed by atoms with Gasteiger partial charge in [-0.1, -0.05) is 0 Å². The highest BCUT2D eigenvalue weighted by atomic mass is 16.0.